The number of nitro benzene ring substituents is 1. The van der Waals surface area contributed by atoms with Crippen molar-refractivity contribution in [1.82, 2.24) is 0 Å². The first-order valence-corrected chi connectivity index (χ1v) is 3.60. The number of benzene rings is 1. The minimum atomic E-state index is -0.541. The van der Waals surface area contributed by atoms with Gasteiger partial charge >= 0.3 is 5.69 Å². The summed E-state index contributed by atoms with van der Waals surface area (Å²) >= 11 is 0. The summed E-state index contributed by atoms with van der Waals surface area (Å²) in [5.41, 5.74) is 5.63. The molecule has 5 nitrogen and oxygen atoms in total. The quantitative estimate of drug-likeness (QED) is 0.410. The Bertz CT molecular complexity index is 475. The second-order valence-electron chi connectivity index (χ2n) is 2.60. The van der Waals surface area contributed by atoms with E-state index >= 15 is 0 Å². The van der Waals surface area contributed by atoms with E-state index in [1.54, 1.807) is 12.1 Å². The second-order valence-corrected chi connectivity index (χ2v) is 2.60. The molecule has 0 unspecified atom stereocenters. The number of anilines is 1. The van der Waals surface area contributed by atoms with E-state index < -0.39 is 4.92 Å². The molecule has 1 aromatic carbocycles. The molecule has 0 atom stereocenters. The van der Waals surface area contributed by atoms with Crippen LogP contribution in [0.15, 0.2) is 28.9 Å². The number of furan rings is 1. The van der Waals surface area contributed by atoms with Crippen molar-refractivity contribution in [1.29, 1.82) is 0 Å². The maximum Gasteiger partial charge on any atom is 0.334 e. The van der Waals surface area contributed by atoms with Gasteiger partial charge in [0.15, 0.2) is 0 Å². The lowest BCUT2D eigenvalue weighted by Gasteiger charge is -1.96. The van der Waals surface area contributed by atoms with Crippen molar-refractivity contribution in [3.05, 3.63) is 34.6 Å². The molecule has 1 aromatic heterocycles. The molecule has 66 valence electrons. The molecule has 0 aliphatic heterocycles. The lowest BCUT2D eigenvalue weighted by molar-refractivity contribution is -0.382. The van der Waals surface area contributed by atoms with E-state index in [0.717, 1.165) is 0 Å². The molecule has 2 aromatic rings. The fourth-order valence-corrected chi connectivity index (χ4v) is 1.22. The van der Waals surface area contributed by atoms with Crippen molar-refractivity contribution in [2.24, 2.45) is 0 Å². The molecule has 0 bridgehead atoms. The van der Waals surface area contributed by atoms with Gasteiger partial charge in [0, 0.05) is 5.39 Å². The minimum absolute atomic E-state index is 0.118. The van der Waals surface area contributed by atoms with Crippen LogP contribution >= 0.6 is 0 Å². The summed E-state index contributed by atoms with van der Waals surface area (Å²) in [5, 5.41) is 11.3. The topological polar surface area (TPSA) is 82.3 Å². The van der Waals surface area contributed by atoms with Crippen molar-refractivity contribution in [2.75, 3.05) is 5.73 Å². The van der Waals surface area contributed by atoms with Gasteiger partial charge in [0.1, 0.15) is 5.69 Å². The predicted octanol–water partition coefficient (Wildman–Crippen LogP) is 1.92. The summed E-state index contributed by atoms with van der Waals surface area (Å²) in [5.74, 6) is 0. The normalized spacial score (nSPS) is 10.5. The van der Waals surface area contributed by atoms with Crippen LogP contribution in [0.5, 0.6) is 0 Å². The average Bonchev–Trinajstić information content (AvgIpc) is 2.50. The Hall–Kier alpha value is -2.04. The van der Waals surface area contributed by atoms with Crippen LogP contribution < -0.4 is 5.73 Å². The Labute approximate surface area is 72.9 Å². The van der Waals surface area contributed by atoms with Crippen molar-refractivity contribution in [3.63, 3.8) is 0 Å². The number of rotatable bonds is 1. The zero-order valence-electron chi connectivity index (χ0n) is 6.56. The third-order valence-electron chi connectivity index (χ3n) is 1.81. The first-order valence-electron chi connectivity index (χ1n) is 3.60. The third-order valence-corrected chi connectivity index (χ3v) is 1.81. The number of nitrogens with two attached hydrogens (primary N) is 1. The van der Waals surface area contributed by atoms with Crippen molar-refractivity contribution >= 4 is 22.3 Å². The SMILES string of the molecule is Nc1ccc2ccoc2c1[N+](=O)[O-]. The van der Waals surface area contributed by atoms with Gasteiger partial charge in [0.2, 0.25) is 5.58 Å². The Morgan fingerprint density at radius 2 is 2.15 bits per heavy atom. The Balaban J connectivity index is 2.88. The highest BCUT2D eigenvalue weighted by Crippen LogP contribution is 2.31. The van der Waals surface area contributed by atoms with Gasteiger partial charge in [-0.2, -0.15) is 0 Å². The smallest absolute Gasteiger partial charge is 0.334 e. The van der Waals surface area contributed by atoms with Crippen molar-refractivity contribution in [2.45, 2.75) is 0 Å². The molecule has 0 fully saturated rings. The molecule has 5 heteroatoms. The first kappa shape index (κ1) is 7.60. The maximum absolute atomic E-state index is 10.6. The molecule has 0 saturated carbocycles. The van der Waals surface area contributed by atoms with Crippen molar-refractivity contribution in [3.8, 4) is 0 Å². The van der Waals surface area contributed by atoms with Crippen LogP contribution in [0, 0.1) is 10.1 Å². The van der Waals surface area contributed by atoms with Crippen LogP contribution in [0.2, 0.25) is 0 Å². The van der Waals surface area contributed by atoms with Gasteiger partial charge in [-0.25, -0.2) is 0 Å². The third kappa shape index (κ3) is 1.01. The maximum atomic E-state index is 10.6. The molecule has 0 saturated heterocycles. The molecule has 0 radical (unpaired) electrons. The van der Waals surface area contributed by atoms with E-state index in [-0.39, 0.29) is 17.0 Å². The standard InChI is InChI=1S/C8H6N2O3/c9-6-2-1-5-3-4-13-8(5)7(6)10(11)12/h1-4H,9H2. The molecular formula is C8H6N2O3. The number of nitrogen functional groups attached to an aromatic ring is 1. The van der Waals surface area contributed by atoms with E-state index in [9.17, 15) is 10.1 Å². The number of nitrogens with zero attached hydrogens (tertiary/aromatic N) is 1. The van der Waals surface area contributed by atoms with Gasteiger partial charge in [-0.15, -0.1) is 0 Å². The molecular weight excluding hydrogens is 172 g/mol. The van der Waals surface area contributed by atoms with Crippen LogP contribution in [0.3, 0.4) is 0 Å². The van der Waals surface area contributed by atoms with Crippen LogP contribution in [0.25, 0.3) is 11.0 Å². The largest absolute Gasteiger partial charge is 0.457 e. The number of hydrogen-bond donors (Lipinski definition) is 1. The Morgan fingerprint density at radius 1 is 1.38 bits per heavy atom. The highest BCUT2D eigenvalue weighted by molar-refractivity contribution is 5.91. The predicted molar refractivity (Wildman–Crippen MR) is 47.3 cm³/mol. The molecule has 13 heavy (non-hydrogen) atoms. The van der Waals surface area contributed by atoms with Gasteiger partial charge in [-0.05, 0) is 18.2 Å². The zero-order valence-corrected chi connectivity index (χ0v) is 6.56. The van der Waals surface area contributed by atoms with Crippen LogP contribution in [0.4, 0.5) is 11.4 Å². The van der Waals surface area contributed by atoms with Crippen LogP contribution in [-0.2, 0) is 0 Å². The monoisotopic (exact) mass is 178 g/mol. The fourth-order valence-electron chi connectivity index (χ4n) is 1.22. The Morgan fingerprint density at radius 3 is 2.85 bits per heavy atom. The van der Waals surface area contributed by atoms with E-state index in [4.69, 9.17) is 10.2 Å². The summed E-state index contributed by atoms with van der Waals surface area (Å²) in [4.78, 5) is 10.1. The molecule has 1 heterocycles. The highest BCUT2D eigenvalue weighted by Gasteiger charge is 2.18. The molecule has 0 aliphatic carbocycles. The van der Waals surface area contributed by atoms with Crippen LogP contribution in [0.1, 0.15) is 0 Å². The number of hydrogen-bond acceptors (Lipinski definition) is 4. The second kappa shape index (κ2) is 2.48. The van der Waals surface area contributed by atoms with Gasteiger partial charge in [-0.1, -0.05) is 0 Å². The van der Waals surface area contributed by atoms with Gasteiger partial charge in [0.25, 0.3) is 0 Å². The summed E-state index contributed by atoms with van der Waals surface area (Å²) in [6.07, 6.45) is 1.40. The number of fused-ring (bicyclic) bond motifs is 1. The van der Waals surface area contributed by atoms with E-state index in [1.807, 2.05) is 0 Å². The van der Waals surface area contributed by atoms with Gasteiger partial charge < -0.3 is 10.2 Å². The van der Waals surface area contributed by atoms with Gasteiger partial charge in [0.05, 0.1) is 11.2 Å². The van der Waals surface area contributed by atoms with Gasteiger partial charge in [-0.3, -0.25) is 10.1 Å². The first-order chi connectivity index (χ1) is 6.20. The average molecular weight is 178 g/mol. The fraction of sp³-hybridized carbons (Fsp3) is 0. The molecule has 0 amide bonds. The van der Waals surface area contributed by atoms with Crippen LogP contribution in [-0.4, -0.2) is 4.92 Å². The molecule has 0 spiro atoms. The molecule has 2 N–H and O–H groups in total. The van der Waals surface area contributed by atoms with E-state index in [1.165, 1.54) is 12.3 Å². The molecule has 2 rings (SSSR count). The minimum Gasteiger partial charge on any atom is -0.457 e. The Kier molecular flexibility index (Phi) is 1.45. The zero-order chi connectivity index (χ0) is 9.42. The molecule has 0 aliphatic rings. The summed E-state index contributed by atoms with van der Waals surface area (Å²) < 4.78 is 4.97. The summed E-state index contributed by atoms with van der Waals surface area (Å²) in [7, 11) is 0. The van der Waals surface area contributed by atoms with E-state index in [0.29, 0.717) is 5.39 Å². The number of nitro groups is 1. The summed E-state index contributed by atoms with van der Waals surface area (Å²) in [6, 6.07) is 4.83. The van der Waals surface area contributed by atoms with E-state index in [2.05, 4.69) is 0 Å². The highest BCUT2D eigenvalue weighted by atomic mass is 16.6. The summed E-state index contributed by atoms with van der Waals surface area (Å²) in [6.45, 7) is 0. The lowest BCUT2D eigenvalue weighted by Crippen LogP contribution is -1.95. The van der Waals surface area contributed by atoms with Crippen molar-refractivity contribution < 1.29 is 9.34 Å². The lowest BCUT2D eigenvalue weighted by atomic mass is 10.2.